The summed E-state index contributed by atoms with van der Waals surface area (Å²) in [5.41, 5.74) is 5.99. The SMILES string of the molecule is CCC(=C(c1ccc(OC(=O)C(C)(C)C)cc1)c1ccc(N2CCC(CNC(=O)OC(C)(C)C)CC2)cc1)c1ccccc1. The number of benzene rings is 3. The number of anilines is 1. The lowest BCUT2D eigenvalue weighted by Gasteiger charge is -2.34. The first-order chi connectivity index (χ1) is 20.8. The number of alkyl carbamates (subject to hydrolysis) is 1. The highest BCUT2D eigenvalue weighted by atomic mass is 16.6. The van der Waals surface area contributed by atoms with E-state index in [1.54, 1.807) is 0 Å². The molecule has 3 aromatic rings. The number of rotatable bonds is 8. The van der Waals surface area contributed by atoms with E-state index in [1.165, 1.54) is 22.4 Å². The van der Waals surface area contributed by atoms with E-state index in [4.69, 9.17) is 9.47 Å². The Morgan fingerprint density at radius 2 is 1.36 bits per heavy atom. The molecule has 0 bridgehead atoms. The van der Waals surface area contributed by atoms with Gasteiger partial charge in [-0.1, -0.05) is 61.5 Å². The number of esters is 1. The molecule has 1 amide bonds. The second-order valence-electron chi connectivity index (χ2n) is 13.6. The Labute approximate surface area is 263 Å². The van der Waals surface area contributed by atoms with Crippen molar-refractivity contribution >= 4 is 28.9 Å². The fourth-order valence-electron chi connectivity index (χ4n) is 5.41. The van der Waals surface area contributed by atoms with Crippen LogP contribution in [0, 0.1) is 11.3 Å². The van der Waals surface area contributed by atoms with Crippen LogP contribution >= 0.6 is 0 Å². The second-order valence-corrected chi connectivity index (χ2v) is 13.6. The van der Waals surface area contributed by atoms with E-state index in [1.807, 2.05) is 71.9 Å². The first-order valence-electron chi connectivity index (χ1n) is 15.8. The molecular formula is C38H48N2O4. The van der Waals surface area contributed by atoms with Gasteiger partial charge in [0.05, 0.1) is 5.41 Å². The molecule has 1 saturated heterocycles. The lowest BCUT2D eigenvalue weighted by Crippen LogP contribution is -2.40. The van der Waals surface area contributed by atoms with Crippen molar-refractivity contribution in [3.63, 3.8) is 0 Å². The first-order valence-corrected chi connectivity index (χ1v) is 15.8. The van der Waals surface area contributed by atoms with Gasteiger partial charge in [-0.3, -0.25) is 4.79 Å². The Hall–Kier alpha value is -4.06. The predicted molar refractivity (Wildman–Crippen MR) is 180 cm³/mol. The largest absolute Gasteiger partial charge is 0.444 e. The molecule has 1 fully saturated rings. The minimum Gasteiger partial charge on any atom is -0.444 e. The normalized spacial score (nSPS) is 14.9. The average molecular weight is 597 g/mol. The fraction of sp³-hybridized carbons (Fsp3) is 0.421. The molecule has 0 atom stereocenters. The summed E-state index contributed by atoms with van der Waals surface area (Å²) < 4.78 is 11.0. The van der Waals surface area contributed by atoms with Gasteiger partial charge in [0.1, 0.15) is 11.4 Å². The molecule has 1 heterocycles. The van der Waals surface area contributed by atoms with E-state index in [-0.39, 0.29) is 12.1 Å². The van der Waals surface area contributed by atoms with E-state index >= 15 is 0 Å². The molecule has 4 rings (SSSR count). The lowest BCUT2D eigenvalue weighted by atomic mass is 9.88. The Kier molecular flexibility index (Phi) is 10.6. The molecule has 0 saturated carbocycles. The van der Waals surface area contributed by atoms with E-state index in [0.717, 1.165) is 43.5 Å². The molecule has 234 valence electrons. The van der Waals surface area contributed by atoms with Crippen molar-refractivity contribution in [2.75, 3.05) is 24.5 Å². The molecule has 0 radical (unpaired) electrons. The third-order valence-electron chi connectivity index (χ3n) is 7.81. The third-order valence-corrected chi connectivity index (χ3v) is 7.81. The summed E-state index contributed by atoms with van der Waals surface area (Å²) in [5, 5.41) is 2.94. The number of hydrogen-bond acceptors (Lipinski definition) is 5. The molecule has 0 aromatic heterocycles. The van der Waals surface area contributed by atoms with Crippen molar-refractivity contribution in [3.05, 3.63) is 95.6 Å². The van der Waals surface area contributed by atoms with E-state index < -0.39 is 11.0 Å². The molecule has 0 unspecified atom stereocenters. The van der Waals surface area contributed by atoms with Gasteiger partial charge in [0.25, 0.3) is 0 Å². The highest BCUT2D eigenvalue weighted by molar-refractivity contribution is 5.98. The number of allylic oxidation sites excluding steroid dienone is 1. The van der Waals surface area contributed by atoms with Gasteiger partial charge in [-0.25, -0.2) is 4.79 Å². The summed E-state index contributed by atoms with van der Waals surface area (Å²) in [6.45, 7) is 15.9. The number of amides is 1. The summed E-state index contributed by atoms with van der Waals surface area (Å²) in [6.07, 6.45) is 2.56. The van der Waals surface area contributed by atoms with E-state index in [9.17, 15) is 9.59 Å². The van der Waals surface area contributed by atoms with Crippen molar-refractivity contribution in [3.8, 4) is 5.75 Å². The zero-order chi connectivity index (χ0) is 31.9. The highest BCUT2D eigenvalue weighted by Gasteiger charge is 2.24. The van der Waals surface area contributed by atoms with Crippen molar-refractivity contribution < 1.29 is 19.1 Å². The Balaban J connectivity index is 1.52. The standard InChI is InChI=1S/C38H48N2O4/c1-8-33(28-12-10-9-11-13-28)34(30-16-20-32(21-17-30)43-35(41)37(2,3)4)29-14-18-31(19-15-29)40-24-22-27(23-25-40)26-39-36(42)44-38(5,6)7/h9-21,27H,8,22-26H2,1-7H3,(H,39,42). The van der Waals surface area contributed by atoms with Gasteiger partial charge in [-0.15, -0.1) is 0 Å². The number of hydrogen-bond donors (Lipinski definition) is 1. The van der Waals surface area contributed by atoms with Crippen LogP contribution in [-0.4, -0.2) is 37.3 Å². The van der Waals surface area contributed by atoms with Crippen LogP contribution in [0.4, 0.5) is 10.5 Å². The zero-order valence-electron chi connectivity index (χ0n) is 27.4. The van der Waals surface area contributed by atoms with Crippen LogP contribution in [0.25, 0.3) is 11.1 Å². The van der Waals surface area contributed by atoms with Gasteiger partial charge in [-0.05, 0) is 119 Å². The van der Waals surface area contributed by atoms with Gasteiger partial charge in [0, 0.05) is 25.3 Å². The molecule has 1 N–H and O–H groups in total. The maximum absolute atomic E-state index is 12.4. The Bertz CT molecular complexity index is 1420. The summed E-state index contributed by atoms with van der Waals surface area (Å²) >= 11 is 0. The average Bonchev–Trinajstić information content (AvgIpc) is 2.99. The number of carbonyl (C=O) groups excluding carboxylic acids is 2. The van der Waals surface area contributed by atoms with Crippen LogP contribution in [0.3, 0.4) is 0 Å². The quantitative estimate of drug-likeness (QED) is 0.160. The second kappa shape index (κ2) is 14.1. The van der Waals surface area contributed by atoms with Gasteiger partial charge in [0.2, 0.25) is 0 Å². The Morgan fingerprint density at radius 3 is 1.89 bits per heavy atom. The third kappa shape index (κ3) is 8.98. The van der Waals surface area contributed by atoms with Crippen LogP contribution in [0.15, 0.2) is 78.9 Å². The molecule has 6 heteroatoms. The van der Waals surface area contributed by atoms with Crippen LogP contribution in [0.5, 0.6) is 5.75 Å². The zero-order valence-corrected chi connectivity index (χ0v) is 27.4. The molecule has 6 nitrogen and oxygen atoms in total. The van der Waals surface area contributed by atoms with Crippen molar-refractivity contribution in [2.45, 2.75) is 73.3 Å². The van der Waals surface area contributed by atoms with Crippen molar-refractivity contribution in [1.82, 2.24) is 5.32 Å². The molecular weight excluding hydrogens is 548 g/mol. The smallest absolute Gasteiger partial charge is 0.407 e. The molecule has 0 aliphatic carbocycles. The maximum Gasteiger partial charge on any atom is 0.407 e. The monoisotopic (exact) mass is 596 g/mol. The number of carbonyl (C=O) groups is 2. The molecule has 3 aromatic carbocycles. The summed E-state index contributed by atoms with van der Waals surface area (Å²) in [4.78, 5) is 26.9. The number of piperidine rings is 1. The minimum atomic E-state index is -0.569. The Morgan fingerprint density at radius 1 is 0.795 bits per heavy atom. The summed E-state index contributed by atoms with van der Waals surface area (Å²) in [5.74, 6) is 0.737. The molecule has 44 heavy (non-hydrogen) atoms. The van der Waals surface area contributed by atoms with Crippen molar-refractivity contribution in [2.24, 2.45) is 11.3 Å². The number of nitrogens with zero attached hydrogens (tertiary/aromatic N) is 1. The van der Waals surface area contributed by atoms with Crippen LogP contribution in [0.2, 0.25) is 0 Å². The maximum atomic E-state index is 12.4. The predicted octanol–water partition coefficient (Wildman–Crippen LogP) is 8.75. The van der Waals surface area contributed by atoms with Crippen LogP contribution in [-0.2, 0) is 9.53 Å². The van der Waals surface area contributed by atoms with Gasteiger partial charge >= 0.3 is 12.1 Å². The van der Waals surface area contributed by atoms with E-state index in [0.29, 0.717) is 18.2 Å². The molecule has 1 aliphatic rings. The van der Waals surface area contributed by atoms with Gasteiger partial charge < -0.3 is 19.7 Å². The number of nitrogens with one attached hydrogen (secondary N) is 1. The first kappa shape index (κ1) is 32.8. The summed E-state index contributed by atoms with van der Waals surface area (Å²) in [7, 11) is 0. The van der Waals surface area contributed by atoms with Crippen molar-refractivity contribution in [1.29, 1.82) is 0 Å². The summed E-state index contributed by atoms with van der Waals surface area (Å²) in [6, 6.07) is 27.2. The van der Waals surface area contributed by atoms with Gasteiger partial charge in [-0.2, -0.15) is 0 Å². The minimum absolute atomic E-state index is 0.251. The van der Waals surface area contributed by atoms with Gasteiger partial charge in [0.15, 0.2) is 0 Å². The molecule has 0 spiro atoms. The molecule has 1 aliphatic heterocycles. The van der Waals surface area contributed by atoms with Crippen LogP contribution in [0.1, 0.15) is 84.4 Å². The van der Waals surface area contributed by atoms with E-state index in [2.05, 4.69) is 65.7 Å². The highest BCUT2D eigenvalue weighted by Crippen LogP contribution is 2.36. The topological polar surface area (TPSA) is 67.9 Å². The lowest BCUT2D eigenvalue weighted by molar-refractivity contribution is -0.143. The fourth-order valence-corrected chi connectivity index (χ4v) is 5.41. The van der Waals surface area contributed by atoms with Crippen LogP contribution < -0.4 is 15.0 Å². The number of ether oxygens (including phenoxy) is 2.